The molecule has 0 aromatic heterocycles. The Morgan fingerprint density at radius 1 is 1.53 bits per heavy atom. The number of nitro groups is 1. The van der Waals surface area contributed by atoms with Gasteiger partial charge in [-0.15, -0.1) is 0 Å². The zero-order valence-corrected chi connectivity index (χ0v) is 10.9. The lowest BCUT2D eigenvalue weighted by molar-refractivity contribution is -0.385. The maximum absolute atomic E-state index is 10.9. The number of benzene rings is 1. The van der Waals surface area contributed by atoms with Gasteiger partial charge in [-0.2, -0.15) is 0 Å². The summed E-state index contributed by atoms with van der Waals surface area (Å²) >= 11 is 0. The van der Waals surface area contributed by atoms with Crippen LogP contribution in [0.5, 0.6) is 0 Å². The molecule has 0 heterocycles. The maximum Gasteiger partial charge on any atom is 0.342 e. The van der Waals surface area contributed by atoms with Crippen LogP contribution in [0.1, 0.15) is 16.8 Å². The first-order chi connectivity index (χ1) is 8.97. The molecule has 0 aliphatic rings. The smallest absolute Gasteiger partial charge is 0.342 e. The van der Waals surface area contributed by atoms with E-state index in [1.165, 1.54) is 12.1 Å². The molecule has 0 amide bonds. The summed E-state index contributed by atoms with van der Waals surface area (Å²) in [5.41, 5.74) is -0.0457. The Morgan fingerprint density at radius 3 is 2.74 bits per heavy atom. The third kappa shape index (κ3) is 3.92. The van der Waals surface area contributed by atoms with Gasteiger partial charge in [-0.25, -0.2) is 4.79 Å². The summed E-state index contributed by atoms with van der Waals surface area (Å²) in [5.74, 6) is -1.30. The zero-order valence-electron chi connectivity index (χ0n) is 10.9. The maximum atomic E-state index is 10.9. The van der Waals surface area contributed by atoms with Gasteiger partial charge in [0.1, 0.15) is 5.56 Å². The first-order valence-corrected chi connectivity index (χ1v) is 5.85. The molecule has 0 saturated carbocycles. The van der Waals surface area contributed by atoms with Gasteiger partial charge < -0.3 is 15.3 Å². The number of aromatic carboxylic acids is 1. The van der Waals surface area contributed by atoms with Crippen molar-refractivity contribution in [1.29, 1.82) is 0 Å². The summed E-state index contributed by atoms with van der Waals surface area (Å²) < 4.78 is 0. The topological polar surface area (TPSA) is 95.7 Å². The van der Waals surface area contributed by atoms with Crippen molar-refractivity contribution in [3.05, 3.63) is 33.9 Å². The highest BCUT2D eigenvalue weighted by Crippen LogP contribution is 2.25. The lowest BCUT2D eigenvalue weighted by atomic mass is 10.1. The lowest BCUT2D eigenvalue weighted by Crippen LogP contribution is -2.22. The molecule has 7 heteroatoms. The van der Waals surface area contributed by atoms with Crippen molar-refractivity contribution in [1.82, 2.24) is 5.32 Å². The van der Waals surface area contributed by atoms with Crippen molar-refractivity contribution in [3.8, 4) is 0 Å². The number of carboxylic acids is 1. The van der Waals surface area contributed by atoms with E-state index in [0.29, 0.717) is 5.69 Å². The van der Waals surface area contributed by atoms with Crippen LogP contribution in [-0.4, -0.2) is 43.2 Å². The molecule has 0 bridgehead atoms. The molecule has 1 aromatic carbocycles. The predicted molar refractivity (Wildman–Crippen MR) is 71.9 cm³/mol. The van der Waals surface area contributed by atoms with E-state index in [-0.39, 0.29) is 11.3 Å². The minimum absolute atomic E-state index is 0.294. The van der Waals surface area contributed by atoms with Crippen molar-refractivity contribution in [2.24, 2.45) is 0 Å². The summed E-state index contributed by atoms with van der Waals surface area (Å²) in [6.45, 7) is 1.57. The van der Waals surface area contributed by atoms with Crippen molar-refractivity contribution < 1.29 is 14.8 Å². The highest BCUT2D eigenvalue weighted by atomic mass is 16.6. The second kappa shape index (κ2) is 6.69. The second-order valence-corrected chi connectivity index (χ2v) is 4.14. The van der Waals surface area contributed by atoms with Gasteiger partial charge >= 0.3 is 5.97 Å². The summed E-state index contributed by atoms with van der Waals surface area (Å²) in [7, 11) is 3.67. The van der Waals surface area contributed by atoms with Crippen LogP contribution in [0.25, 0.3) is 0 Å². The van der Waals surface area contributed by atoms with Gasteiger partial charge in [0.25, 0.3) is 5.69 Å². The van der Waals surface area contributed by atoms with E-state index >= 15 is 0 Å². The number of hydrogen-bond acceptors (Lipinski definition) is 5. The number of hydrogen-bond donors (Lipinski definition) is 2. The number of carboxylic acid groups (broad SMARTS) is 1. The number of carbonyl (C=O) groups is 1. The van der Waals surface area contributed by atoms with E-state index in [1.54, 1.807) is 6.07 Å². The van der Waals surface area contributed by atoms with Crippen LogP contribution >= 0.6 is 0 Å². The fourth-order valence-corrected chi connectivity index (χ4v) is 1.71. The molecule has 0 fully saturated rings. The number of nitrogens with one attached hydrogen (secondary N) is 1. The molecule has 7 nitrogen and oxygen atoms in total. The van der Waals surface area contributed by atoms with Crippen LogP contribution < -0.4 is 10.2 Å². The Kier molecular flexibility index (Phi) is 5.25. The molecule has 0 saturated heterocycles. The normalized spacial score (nSPS) is 10.2. The molecular formula is C12H17N3O4. The predicted octanol–water partition coefficient (Wildman–Crippen LogP) is 1.34. The van der Waals surface area contributed by atoms with Gasteiger partial charge in [0.2, 0.25) is 0 Å². The van der Waals surface area contributed by atoms with Crippen LogP contribution in [0.15, 0.2) is 18.2 Å². The summed E-state index contributed by atoms with van der Waals surface area (Å²) in [6.07, 6.45) is 0.890. The number of nitro benzene ring substituents is 1. The van der Waals surface area contributed by atoms with Crippen molar-refractivity contribution in [2.45, 2.75) is 6.42 Å². The number of nitrogens with zero attached hydrogens (tertiary/aromatic N) is 2. The Morgan fingerprint density at radius 2 is 2.21 bits per heavy atom. The Balaban J connectivity index is 2.95. The van der Waals surface area contributed by atoms with Crippen LogP contribution in [0.4, 0.5) is 11.4 Å². The fraction of sp³-hybridized carbons (Fsp3) is 0.417. The fourth-order valence-electron chi connectivity index (χ4n) is 1.71. The Hall–Kier alpha value is -2.15. The molecule has 19 heavy (non-hydrogen) atoms. The monoisotopic (exact) mass is 267 g/mol. The average molecular weight is 267 g/mol. The standard InChI is InChI=1S/C12H17N3O4/c1-13-6-3-7-14(2)9-4-5-10(12(16)17)11(8-9)15(18)19/h4-5,8,13H,3,6-7H2,1-2H3,(H,16,17). The molecular weight excluding hydrogens is 250 g/mol. The molecule has 1 rings (SSSR count). The third-order valence-corrected chi connectivity index (χ3v) is 2.77. The average Bonchev–Trinajstić information content (AvgIpc) is 2.38. The molecule has 0 aliphatic heterocycles. The van der Waals surface area contributed by atoms with Gasteiger partial charge in [-0.3, -0.25) is 10.1 Å². The van der Waals surface area contributed by atoms with Gasteiger partial charge in [0.05, 0.1) is 4.92 Å². The highest BCUT2D eigenvalue weighted by Gasteiger charge is 2.20. The molecule has 0 unspecified atom stereocenters. The van der Waals surface area contributed by atoms with Gasteiger partial charge in [0, 0.05) is 25.3 Å². The van der Waals surface area contributed by atoms with Crippen LogP contribution in [0.3, 0.4) is 0 Å². The van der Waals surface area contributed by atoms with E-state index in [0.717, 1.165) is 19.5 Å². The largest absolute Gasteiger partial charge is 0.477 e. The zero-order chi connectivity index (χ0) is 14.4. The summed E-state index contributed by atoms with van der Waals surface area (Å²) in [6, 6.07) is 4.14. The number of rotatable bonds is 7. The molecule has 0 aliphatic carbocycles. The summed E-state index contributed by atoms with van der Waals surface area (Å²) in [4.78, 5) is 23.0. The Bertz CT molecular complexity index is 476. The van der Waals surface area contributed by atoms with E-state index in [9.17, 15) is 14.9 Å². The van der Waals surface area contributed by atoms with Crippen LogP contribution in [0.2, 0.25) is 0 Å². The van der Waals surface area contributed by atoms with E-state index in [1.807, 2.05) is 19.0 Å². The second-order valence-electron chi connectivity index (χ2n) is 4.14. The van der Waals surface area contributed by atoms with E-state index in [4.69, 9.17) is 5.11 Å². The molecule has 0 atom stereocenters. The van der Waals surface area contributed by atoms with Gasteiger partial charge in [-0.05, 0) is 32.1 Å². The van der Waals surface area contributed by atoms with Crippen LogP contribution in [-0.2, 0) is 0 Å². The molecule has 0 spiro atoms. The SMILES string of the molecule is CNCCCN(C)c1ccc(C(=O)O)c([N+](=O)[O-])c1. The van der Waals surface area contributed by atoms with Crippen molar-refractivity contribution >= 4 is 17.3 Å². The quantitative estimate of drug-likeness (QED) is 0.439. The van der Waals surface area contributed by atoms with Crippen molar-refractivity contribution in [3.63, 3.8) is 0 Å². The first kappa shape index (κ1) is 14.9. The molecule has 0 radical (unpaired) electrons. The summed E-state index contributed by atoms with van der Waals surface area (Å²) in [5, 5.41) is 22.8. The molecule has 2 N–H and O–H groups in total. The molecule has 104 valence electrons. The molecule has 1 aromatic rings. The third-order valence-electron chi connectivity index (χ3n) is 2.77. The Labute approximate surface area is 111 Å². The van der Waals surface area contributed by atoms with Crippen molar-refractivity contribution in [2.75, 3.05) is 32.1 Å². The van der Waals surface area contributed by atoms with Crippen LogP contribution in [0, 0.1) is 10.1 Å². The first-order valence-electron chi connectivity index (χ1n) is 5.85. The van der Waals surface area contributed by atoms with Gasteiger partial charge in [-0.1, -0.05) is 0 Å². The minimum Gasteiger partial charge on any atom is -0.477 e. The van der Waals surface area contributed by atoms with E-state index < -0.39 is 10.9 Å². The highest BCUT2D eigenvalue weighted by molar-refractivity contribution is 5.93. The minimum atomic E-state index is -1.30. The van der Waals surface area contributed by atoms with Gasteiger partial charge in [0.15, 0.2) is 0 Å². The number of anilines is 1. The van der Waals surface area contributed by atoms with E-state index in [2.05, 4.69) is 5.32 Å². The lowest BCUT2D eigenvalue weighted by Gasteiger charge is -2.19.